The number of rotatable bonds is 6. The number of anilines is 2. The summed E-state index contributed by atoms with van der Waals surface area (Å²) in [7, 11) is 0. The predicted octanol–water partition coefficient (Wildman–Crippen LogP) is 5.87. The van der Waals surface area contributed by atoms with Gasteiger partial charge in [-0.1, -0.05) is 12.1 Å². The number of nitrogens with one attached hydrogen (secondary N) is 2. The quantitative estimate of drug-likeness (QED) is 0.385. The van der Waals surface area contributed by atoms with Gasteiger partial charge in [0.25, 0.3) is 0 Å². The summed E-state index contributed by atoms with van der Waals surface area (Å²) in [4.78, 5) is 0. The molecule has 1 saturated heterocycles. The first-order valence-electron chi connectivity index (χ1n) is 12.4. The van der Waals surface area contributed by atoms with Gasteiger partial charge in [0.05, 0.1) is 30.1 Å². The zero-order valence-electron chi connectivity index (χ0n) is 20.0. The molecule has 6 nitrogen and oxygen atoms in total. The number of aromatic nitrogens is 1. The molecular formula is C27H34N4O2S. The van der Waals surface area contributed by atoms with Crippen molar-refractivity contribution in [3.05, 3.63) is 42.5 Å². The summed E-state index contributed by atoms with van der Waals surface area (Å²) < 4.78 is 14.2. The Bertz CT molecular complexity index is 1160. The molecule has 0 radical (unpaired) electrons. The van der Waals surface area contributed by atoms with Crippen molar-refractivity contribution in [3.8, 4) is 17.0 Å². The SMILES string of the molecule is CC(C)NC(=S)Nc1ccc(-c2c(N)c3ccc(OC4CCOCC4)cc3n2C2CCC2)cc1. The van der Waals surface area contributed by atoms with Crippen molar-refractivity contribution >= 4 is 39.6 Å². The van der Waals surface area contributed by atoms with Crippen LogP contribution in [0.4, 0.5) is 11.4 Å². The van der Waals surface area contributed by atoms with Crippen molar-refractivity contribution in [2.75, 3.05) is 24.3 Å². The molecule has 180 valence electrons. The van der Waals surface area contributed by atoms with E-state index in [9.17, 15) is 0 Å². The van der Waals surface area contributed by atoms with Crippen molar-refractivity contribution in [2.45, 2.75) is 64.1 Å². The van der Waals surface area contributed by atoms with Crippen LogP contribution >= 0.6 is 12.2 Å². The monoisotopic (exact) mass is 478 g/mol. The minimum absolute atomic E-state index is 0.214. The Morgan fingerprint density at radius 1 is 1.09 bits per heavy atom. The molecule has 1 aliphatic carbocycles. The van der Waals surface area contributed by atoms with Crippen LogP contribution < -0.4 is 21.1 Å². The van der Waals surface area contributed by atoms with Gasteiger partial charge < -0.3 is 30.4 Å². The summed E-state index contributed by atoms with van der Waals surface area (Å²) in [6.45, 7) is 5.68. The molecule has 0 bridgehead atoms. The van der Waals surface area contributed by atoms with Crippen LogP contribution in [0.5, 0.6) is 5.75 Å². The first kappa shape index (κ1) is 23.0. The first-order chi connectivity index (χ1) is 16.5. The summed E-state index contributed by atoms with van der Waals surface area (Å²) in [5, 5.41) is 8.19. The molecule has 0 unspecified atom stereocenters. The molecule has 5 rings (SSSR count). The first-order valence-corrected chi connectivity index (χ1v) is 12.8. The van der Waals surface area contributed by atoms with E-state index >= 15 is 0 Å². The second kappa shape index (κ2) is 9.84. The van der Waals surface area contributed by atoms with Gasteiger partial charge in [0, 0.05) is 47.6 Å². The zero-order valence-corrected chi connectivity index (χ0v) is 20.8. The van der Waals surface area contributed by atoms with Gasteiger partial charge in [-0.25, -0.2) is 0 Å². The molecule has 2 fully saturated rings. The van der Waals surface area contributed by atoms with Gasteiger partial charge in [0.15, 0.2) is 5.11 Å². The molecule has 0 spiro atoms. The van der Waals surface area contributed by atoms with Crippen molar-refractivity contribution in [2.24, 2.45) is 0 Å². The fraction of sp³-hybridized carbons (Fsp3) is 0.444. The number of nitrogen functional groups attached to an aromatic ring is 1. The van der Waals surface area contributed by atoms with Crippen molar-refractivity contribution in [1.29, 1.82) is 0 Å². The molecule has 7 heteroatoms. The molecule has 0 atom stereocenters. The molecule has 0 amide bonds. The fourth-order valence-corrected chi connectivity index (χ4v) is 5.19. The molecule has 34 heavy (non-hydrogen) atoms. The Labute approximate surface area is 206 Å². The lowest BCUT2D eigenvalue weighted by molar-refractivity contribution is 0.0256. The van der Waals surface area contributed by atoms with Crippen LogP contribution in [0.25, 0.3) is 22.2 Å². The summed E-state index contributed by atoms with van der Waals surface area (Å²) >= 11 is 5.39. The summed E-state index contributed by atoms with van der Waals surface area (Å²) in [5.74, 6) is 0.912. The number of fused-ring (bicyclic) bond motifs is 1. The molecule has 2 heterocycles. The van der Waals surface area contributed by atoms with Gasteiger partial charge in [-0.2, -0.15) is 0 Å². The summed E-state index contributed by atoms with van der Waals surface area (Å²) in [6.07, 6.45) is 5.69. The average molecular weight is 479 g/mol. The Hall–Kier alpha value is -2.77. The number of hydrogen-bond acceptors (Lipinski definition) is 4. The van der Waals surface area contributed by atoms with Crippen LogP contribution in [0.3, 0.4) is 0 Å². The maximum absolute atomic E-state index is 6.77. The minimum Gasteiger partial charge on any atom is -0.490 e. The van der Waals surface area contributed by atoms with Crippen LogP contribution in [0.15, 0.2) is 42.5 Å². The van der Waals surface area contributed by atoms with E-state index in [1.807, 2.05) is 0 Å². The van der Waals surface area contributed by atoms with E-state index in [1.165, 1.54) is 19.3 Å². The van der Waals surface area contributed by atoms with Crippen LogP contribution in [0.2, 0.25) is 0 Å². The average Bonchev–Trinajstić information content (AvgIpc) is 3.05. The fourth-order valence-electron chi connectivity index (χ4n) is 4.84. The smallest absolute Gasteiger partial charge is 0.170 e. The Morgan fingerprint density at radius 3 is 2.47 bits per heavy atom. The zero-order chi connectivity index (χ0) is 23.7. The van der Waals surface area contributed by atoms with E-state index in [2.05, 4.69) is 71.5 Å². The Morgan fingerprint density at radius 2 is 1.82 bits per heavy atom. The molecule has 2 aliphatic rings. The standard InChI is InChI=1S/C27H34N4O2S/c1-17(2)29-27(34)30-19-8-6-18(7-9-19)26-25(28)23-11-10-22(33-21-12-14-32-15-13-21)16-24(23)31(26)20-4-3-5-20/h6-11,16-17,20-21H,3-5,12-15,28H2,1-2H3,(H2,29,30,34). The second-order valence-electron chi connectivity index (χ2n) is 9.66. The van der Waals surface area contributed by atoms with E-state index in [4.69, 9.17) is 27.4 Å². The van der Waals surface area contributed by atoms with Crippen LogP contribution in [0, 0.1) is 0 Å². The van der Waals surface area contributed by atoms with Gasteiger partial charge in [-0.05, 0) is 69.6 Å². The molecule has 1 aromatic heterocycles. The minimum atomic E-state index is 0.214. The number of hydrogen-bond donors (Lipinski definition) is 3. The largest absolute Gasteiger partial charge is 0.490 e. The van der Waals surface area contributed by atoms with Crippen LogP contribution in [-0.4, -0.2) is 35.0 Å². The molecule has 2 aromatic carbocycles. The lowest BCUT2D eigenvalue weighted by Crippen LogP contribution is -2.33. The van der Waals surface area contributed by atoms with E-state index in [0.29, 0.717) is 11.2 Å². The highest BCUT2D eigenvalue weighted by atomic mass is 32.1. The third kappa shape index (κ3) is 4.72. The lowest BCUT2D eigenvalue weighted by Gasteiger charge is -2.30. The normalized spacial score (nSPS) is 17.0. The Kier molecular flexibility index (Phi) is 6.66. The van der Waals surface area contributed by atoms with E-state index in [-0.39, 0.29) is 12.1 Å². The highest BCUT2D eigenvalue weighted by molar-refractivity contribution is 7.80. The maximum Gasteiger partial charge on any atom is 0.170 e. The highest BCUT2D eigenvalue weighted by Crippen LogP contribution is 2.45. The number of nitrogens with two attached hydrogens (primary N) is 1. The van der Waals surface area contributed by atoms with Gasteiger partial charge in [0.2, 0.25) is 0 Å². The van der Waals surface area contributed by atoms with Gasteiger partial charge in [0.1, 0.15) is 11.9 Å². The van der Waals surface area contributed by atoms with Crippen LogP contribution in [0.1, 0.15) is 52.0 Å². The van der Waals surface area contributed by atoms with Gasteiger partial charge in [-0.3, -0.25) is 0 Å². The van der Waals surface area contributed by atoms with Gasteiger partial charge >= 0.3 is 0 Å². The van der Waals surface area contributed by atoms with Crippen molar-refractivity contribution in [1.82, 2.24) is 9.88 Å². The second-order valence-corrected chi connectivity index (χ2v) is 10.1. The van der Waals surface area contributed by atoms with E-state index < -0.39 is 0 Å². The highest BCUT2D eigenvalue weighted by Gasteiger charge is 2.27. The van der Waals surface area contributed by atoms with E-state index in [0.717, 1.165) is 65.3 Å². The number of nitrogens with zero attached hydrogens (tertiary/aromatic N) is 1. The number of ether oxygens (including phenoxy) is 2. The predicted molar refractivity (Wildman–Crippen MR) is 144 cm³/mol. The third-order valence-corrected chi connectivity index (χ3v) is 6.98. The van der Waals surface area contributed by atoms with Crippen molar-refractivity contribution in [3.63, 3.8) is 0 Å². The van der Waals surface area contributed by atoms with E-state index in [1.54, 1.807) is 0 Å². The number of benzene rings is 2. The molecule has 3 aromatic rings. The Balaban J connectivity index is 1.47. The molecular weight excluding hydrogens is 444 g/mol. The number of thiocarbonyl (C=S) groups is 1. The summed E-state index contributed by atoms with van der Waals surface area (Å²) in [6, 6.07) is 15.5. The van der Waals surface area contributed by atoms with Gasteiger partial charge in [-0.15, -0.1) is 0 Å². The topological polar surface area (TPSA) is 73.5 Å². The third-order valence-electron chi connectivity index (χ3n) is 6.76. The molecule has 4 N–H and O–H groups in total. The van der Waals surface area contributed by atoms with Crippen molar-refractivity contribution < 1.29 is 9.47 Å². The lowest BCUT2D eigenvalue weighted by atomic mass is 9.92. The van der Waals surface area contributed by atoms with Crippen LogP contribution in [-0.2, 0) is 4.74 Å². The maximum atomic E-state index is 6.77. The summed E-state index contributed by atoms with van der Waals surface area (Å²) in [5.41, 5.74) is 11.9. The molecule has 1 aliphatic heterocycles. The molecule has 1 saturated carbocycles.